The molecule has 1 atom stereocenters. The van der Waals surface area contributed by atoms with Crippen LogP contribution in [0.4, 0.5) is 9.52 Å². The highest BCUT2D eigenvalue weighted by atomic mass is 32.1. The average Bonchev–Trinajstić information content (AvgIpc) is 3.51. The van der Waals surface area contributed by atoms with Crippen molar-refractivity contribution in [2.45, 2.75) is 26.2 Å². The monoisotopic (exact) mass is 520 g/mol. The molecule has 0 unspecified atom stereocenters. The van der Waals surface area contributed by atoms with Crippen LogP contribution in [0.15, 0.2) is 66.2 Å². The summed E-state index contributed by atoms with van der Waals surface area (Å²) in [6, 6.07) is 18.0. The molecule has 3 heterocycles. The van der Waals surface area contributed by atoms with E-state index in [0.29, 0.717) is 10.7 Å². The first-order valence-corrected chi connectivity index (χ1v) is 13.3. The second-order valence-corrected chi connectivity index (χ2v) is 11.3. The van der Waals surface area contributed by atoms with Crippen LogP contribution in [0.3, 0.4) is 0 Å². The molecule has 1 aliphatic heterocycles. The van der Waals surface area contributed by atoms with Crippen molar-refractivity contribution in [2.75, 3.05) is 18.4 Å². The number of amides is 2. The Kier molecular flexibility index (Phi) is 6.68. The minimum Gasteiger partial charge on any atom is -0.339 e. The van der Waals surface area contributed by atoms with E-state index < -0.39 is 11.3 Å². The topological polar surface area (TPSA) is 75.2 Å². The quantitative estimate of drug-likeness (QED) is 0.322. The molecular formula is C27H25FN4O2S2. The smallest absolute Gasteiger partial charge is 0.253 e. The van der Waals surface area contributed by atoms with Gasteiger partial charge < -0.3 is 10.2 Å². The third-order valence-electron chi connectivity index (χ3n) is 6.54. The Morgan fingerprint density at radius 1 is 1.08 bits per heavy atom. The van der Waals surface area contributed by atoms with Crippen LogP contribution < -0.4 is 5.32 Å². The van der Waals surface area contributed by atoms with Gasteiger partial charge >= 0.3 is 0 Å². The van der Waals surface area contributed by atoms with Crippen LogP contribution in [0, 0.1) is 11.2 Å². The summed E-state index contributed by atoms with van der Waals surface area (Å²) >= 11 is 2.81. The molecule has 184 valence electrons. The minimum absolute atomic E-state index is 0.0639. The summed E-state index contributed by atoms with van der Waals surface area (Å²) in [7, 11) is 0. The molecule has 1 aliphatic rings. The van der Waals surface area contributed by atoms with Crippen LogP contribution in [0.5, 0.6) is 0 Å². The van der Waals surface area contributed by atoms with E-state index in [0.717, 1.165) is 40.4 Å². The van der Waals surface area contributed by atoms with Crippen LogP contribution in [-0.4, -0.2) is 40.0 Å². The number of carbonyl (C=O) groups excluding carboxylic acids is 2. The normalized spacial score (nSPS) is 14.2. The molecule has 0 saturated carbocycles. The van der Waals surface area contributed by atoms with Gasteiger partial charge in [-0.2, -0.15) is 0 Å². The molecule has 2 amide bonds. The standard InChI is InChI=1S/C27H25FN4O2S2/c1-27(2,25(34)30-26-31-29-16-35-26)23(19-5-3-6-20(28)15-19)22-12-11-21(36-22)17-7-9-18(10-8-17)24(33)32-13-4-14-32/h3,5-12,15-16,23H,4,13-14H2,1-2H3,(H,30,31,34)/t23-/m0/s1. The highest BCUT2D eigenvalue weighted by Crippen LogP contribution is 2.46. The van der Waals surface area contributed by atoms with E-state index in [1.54, 1.807) is 22.9 Å². The van der Waals surface area contributed by atoms with E-state index in [9.17, 15) is 14.0 Å². The number of hydrogen-bond acceptors (Lipinski definition) is 6. The lowest BCUT2D eigenvalue weighted by Crippen LogP contribution is -2.41. The van der Waals surface area contributed by atoms with Gasteiger partial charge in [0.15, 0.2) is 0 Å². The summed E-state index contributed by atoms with van der Waals surface area (Å²) in [4.78, 5) is 29.7. The van der Waals surface area contributed by atoms with Crippen molar-refractivity contribution in [1.29, 1.82) is 0 Å². The Balaban J connectivity index is 1.46. The number of halogens is 1. The van der Waals surface area contributed by atoms with Gasteiger partial charge in [0.05, 0.1) is 5.41 Å². The summed E-state index contributed by atoms with van der Waals surface area (Å²) in [6.07, 6.45) is 1.06. The Bertz CT molecular complexity index is 1380. The lowest BCUT2D eigenvalue weighted by atomic mass is 9.73. The van der Waals surface area contributed by atoms with Crippen LogP contribution in [-0.2, 0) is 4.79 Å². The highest BCUT2D eigenvalue weighted by Gasteiger charge is 2.40. The van der Waals surface area contributed by atoms with E-state index in [-0.39, 0.29) is 17.6 Å². The summed E-state index contributed by atoms with van der Waals surface area (Å²) in [5, 5.41) is 11.0. The molecule has 1 N–H and O–H groups in total. The van der Waals surface area contributed by atoms with Crippen LogP contribution in [0.2, 0.25) is 0 Å². The molecule has 2 aromatic carbocycles. The zero-order valence-electron chi connectivity index (χ0n) is 19.9. The number of hydrogen-bond donors (Lipinski definition) is 1. The van der Waals surface area contributed by atoms with Crippen molar-refractivity contribution in [1.82, 2.24) is 15.1 Å². The number of benzene rings is 2. The van der Waals surface area contributed by atoms with E-state index >= 15 is 0 Å². The first-order valence-electron chi connectivity index (χ1n) is 11.7. The van der Waals surface area contributed by atoms with Crippen LogP contribution >= 0.6 is 22.7 Å². The molecule has 6 nitrogen and oxygen atoms in total. The predicted octanol–water partition coefficient (Wildman–Crippen LogP) is 6.05. The number of anilines is 1. The molecule has 4 aromatic rings. The molecule has 2 aromatic heterocycles. The van der Waals surface area contributed by atoms with Crippen molar-refractivity contribution in [3.63, 3.8) is 0 Å². The molecule has 5 rings (SSSR count). The lowest BCUT2D eigenvalue weighted by molar-refractivity contribution is -0.124. The first-order chi connectivity index (χ1) is 17.3. The average molecular weight is 521 g/mol. The molecule has 1 fully saturated rings. The lowest BCUT2D eigenvalue weighted by Gasteiger charge is -2.32. The third kappa shape index (κ3) is 4.81. The van der Waals surface area contributed by atoms with Gasteiger partial charge in [-0.15, -0.1) is 21.5 Å². The van der Waals surface area contributed by atoms with E-state index in [1.165, 1.54) is 23.5 Å². The van der Waals surface area contributed by atoms with Crippen LogP contribution in [0.25, 0.3) is 10.4 Å². The fourth-order valence-corrected chi connectivity index (χ4v) is 6.15. The highest BCUT2D eigenvalue weighted by molar-refractivity contribution is 7.15. The maximum Gasteiger partial charge on any atom is 0.253 e. The Morgan fingerprint density at radius 3 is 2.50 bits per heavy atom. The zero-order valence-corrected chi connectivity index (χ0v) is 21.5. The first kappa shape index (κ1) is 24.3. The maximum atomic E-state index is 14.3. The molecule has 0 bridgehead atoms. The van der Waals surface area contributed by atoms with Gasteiger partial charge in [-0.3, -0.25) is 9.59 Å². The Labute approximate surface area is 216 Å². The largest absolute Gasteiger partial charge is 0.339 e. The molecular weight excluding hydrogens is 495 g/mol. The summed E-state index contributed by atoms with van der Waals surface area (Å²) in [5.41, 5.74) is 3.02. The zero-order chi connectivity index (χ0) is 25.3. The molecule has 0 radical (unpaired) electrons. The number of rotatable bonds is 7. The second-order valence-electron chi connectivity index (χ2n) is 9.33. The fourth-order valence-electron chi connectivity index (χ4n) is 4.38. The van der Waals surface area contributed by atoms with E-state index in [2.05, 4.69) is 15.5 Å². The molecule has 9 heteroatoms. The molecule has 1 saturated heterocycles. The Hall–Kier alpha value is -3.43. The number of nitrogens with one attached hydrogen (secondary N) is 1. The van der Waals surface area contributed by atoms with Crippen molar-refractivity contribution < 1.29 is 14.0 Å². The van der Waals surface area contributed by atoms with Gasteiger partial charge in [0.25, 0.3) is 5.91 Å². The fraction of sp³-hybridized carbons (Fsp3) is 0.259. The molecule has 0 aliphatic carbocycles. The Morgan fingerprint density at radius 2 is 1.86 bits per heavy atom. The molecule has 36 heavy (non-hydrogen) atoms. The summed E-state index contributed by atoms with van der Waals surface area (Å²) < 4.78 is 14.3. The van der Waals surface area contributed by atoms with E-state index in [1.807, 2.05) is 61.2 Å². The number of likely N-dealkylation sites (tertiary alicyclic amines) is 1. The van der Waals surface area contributed by atoms with Gasteiger partial charge in [0, 0.05) is 34.3 Å². The number of thiophene rings is 1. The van der Waals surface area contributed by atoms with Gasteiger partial charge in [0.2, 0.25) is 11.0 Å². The summed E-state index contributed by atoms with van der Waals surface area (Å²) in [5.74, 6) is -0.907. The van der Waals surface area contributed by atoms with Crippen molar-refractivity contribution >= 4 is 39.6 Å². The third-order valence-corrected chi connectivity index (χ3v) is 8.35. The number of carbonyl (C=O) groups is 2. The van der Waals surface area contributed by atoms with Gasteiger partial charge in [0.1, 0.15) is 11.3 Å². The van der Waals surface area contributed by atoms with Crippen molar-refractivity contribution in [2.24, 2.45) is 5.41 Å². The molecule has 0 spiro atoms. The van der Waals surface area contributed by atoms with Gasteiger partial charge in [-0.25, -0.2) is 4.39 Å². The van der Waals surface area contributed by atoms with Gasteiger partial charge in [-0.05, 0) is 53.9 Å². The predicted molar refractivity (Wildman–Crippen MR) is 141 cm³/mol. The second kappa shape index (κ2) is 9.91. The number of nitrogens with zero attached hydrogens (tertiary/aromatic N) is 3. The van der Waals surface area contributed by atoms with Crippen molar-refractivity contribution in [3.8, 4) is 10.4 Å². The minimum atomic E-state index is -0.922. The van der Waals surface area contributed by atoms with Crippen LogP contribution in [0.1, 0.15) is 47.0 Å². The van der Waals surface area contributed by atoms with Gasteiger partial charge in [-0.1, -0.05) is 49.4 Å². The van der Waals surface area contributed by atoms with E-state index in [4.69, 9.17) is 0 Å². The SMILES string of the molecule is CC(C)(C(=O)Nc1nncs1)[C@@H](c1cccc(F)c1)c1ccc(-c2ccc(C(=O)N3CCC3)cc2)s1. The van der Waals surface area contributed by atoms with Crippen molar-refractivity contribution in [3.05, 3.63) is 88.0 Å². The number of aromatic nitrogens is 2. The maximum absolute atomic E-state index is 14.3. The summed E-state index contributed by atoms with van der Waals surface area (Å²) in [6.45, 7) is 5.35.